The van der Waals surface area contributed by atoms with E-state index in [1.165, 1.54) is 11.3 Å². The van der Waals surface area contributed by atoms with Gasteiger partial charge in [0.25, 0.3) is 0 Å². The van der Waals surface area contributed by atoms with Crippen LogP contribution < -0.4 is 0 Å². The fourth-order valence-corrected chi connectivity index (χ4v) is 2.59. The molecule has 2 aromatic heterocycles. The van der Waals surface area contributed by atoms with Crippen LogP contribution in [0.3, 0.4) is 0 Å². The lowest BCUT2D eigenvalue weighted by molar-refractivity contribution is 0.0532. The van der Waals surface area contributed by atoms with E-state index >= 15 is 0 Å². The predicted octanol–water partition coefficient (Wildman–Crippen LogP) is 3.37. The van der Waals surface area contributed by atoms with Crippen molar-refractivity contribution in [3.8, 4) is 0 Å². The highest BCUT2D eigenvalue weighted by atomic mass is 79.9. The Balaban J connectivity index is 2.39. The number of hydrogen-bond donors (Lipinski definition) is 0. The molecular formula is C11H10BrNO2S. The Morgan fingerprint density at radius 3 is 3.06 bits per heavy atom. The molecule has 16 heavy (non-hydrogen) atoms. The molecule has 0 spiro atoms. The molecule has 2 rings (SSSR count). The Morgan fingerprint density at radius 2 is 2.38 bits per heavy atom. The molecule has 0 N–H and O–H groups in total. The Kier molecular flexibility index (Phi) is 3.56. The third-order valence-corrected chi connectivity index (χ3v) is 3.65. The van der Waals surface area contributed by atoms with Gasteiger partial charge in [-0.1, -0.05) is 22.0 Å². The minimum absolute atomic E-state index is 0.272. The summed E-state index contributed by atoms with van der Waals surface area (Å²) in [5.74, 6) is -0.272. The number of carbonyl (C=O) groups is 1. The first kappa shape index (κ1) is 11.5. The van der Waals surface area contributed by atoms with Crippen LogP contribution in [0.5, 0.6) is 0 Å². The number of aromatic nitrogens is 1. The summed E-state index contributed by atoms with van der Waals surface area (Å²) in [6.07, 6.45) is 0. The maximum absolute atomic E-state index is 11.5. The fourth-order valence-electron chi connectivity index (χ4n) is 1.33. The first-order valence-corrected chi connectivity index (χ1v) is 6.81. The van der Waals surface area contributed by atoms with E-state index in [0.29, 0.717) is 11.5 Å². The third-order valence-electron chi connectivity index (χ3n) is 2.05. The molecule has 2 heterocycles. The maximum Gasteiger partial charge on any atom is 0.348 e. The molecule has 0 aliphatic heterocycles. The normalized spacial score (nSPS) is 10.6. The predicted molar refractivity (Wildman–Crippen MR) is 68.2 cm³/mol. The number of thiophene rings is 1. The number of ether oxygens (including phenoxy) is 1. The summed E-state index contributed by atoms with van der Waals surface area (Å²) in [5, 5.41) is 1.70. The number of alkyl halides is 1. The summed E-state index contributed by atoms with van der Waals surface area (Å²) in [6.45, 7) is 2.19. The lowest BCUT2D eigenvalue weighted by atomic mass is 10.3. The van der Waals surface area contributed by atoms with E-state index in [2.05, 4.69) is 20.9 Å². The molecule has 0 radical (unpaired) electrons. The number of rotatable bonds is 3. The van der Waals surface area contributed by atoms with Gasteiger partial charge in [-0.05, 0) is 19.1 Å². The number of hydrogen-bond acceptors (Lipinski definition) is 4. The quantitative estimate of drug-likeness (QED) is 0.644. The van der Waals surface area contributed by atoms with Gasteiger partial charge in [0.05, 0.1) is 12.3 Å². The second kappa shape index (κ2) is 4.93. The lowest BCUT2D eigenvalue weighted by Gasteiger charge is -1.95. The zero-order chi connectivity index (χ0) is 11.5. The molecule has 0 unspecified atom stereocenters. The summed E-state index contributed by atoms with van der Waals surface area (Å²) >= 11 is 4.72. The van der Waals surface area contributed by atoms with Gasteiger partial charge >= 0.3 is 5.97 Å². The van der Waals surface area contributed by atoms with Crippen molar-refractivity contribution >= 4 is 43.5 Å². The van der Waals surface area contributed by atoms with Crippen molar-refractivity contribution in [2.24, 2.45) is 0 Å². The van der Waals surface area contributed by atoms with Crippen LogP contribution in [0.15, 0.2) is 18.2 Å². The zero-order valence-corrected chi connectivity index (χ0v) is 11.1. The zero-order valence-electron chi connectivity index (χ0n) is 8.70. The van der Waals surface area contributed by atoms with Crippen LogP contribution in [-0.2, 0) is 10.1 Å². The van der Waals surface area contributed by atoms with Crippen LogP contribution >= 0.6 is 27.3 Å². The van der Waals surface area contributed by atoms with Gasteiger partial charge in [0, 0.05) is 10.7 Å². The van der Waals surface area contributed by atoms with E-state index < -0.39 is 0 Å². The maximum atomic E-state index is 11.5. The smallest absolute Gasteiger partial charge is 0.348 e. The lowest BCUT2D eigenvalue weighted by Crippen LogP contribution is -2.01. The van der Waals surface area contributed by atoms with Crippen molar-refractivity contribution in [2.45, 2.75) is 12.3 Å². The summed E-state index contributed by atoms with van der Waals surface area (Å²) in [5.41, 5.74) is 0.963. The standard InChI is InChI=1S/C11H10BrNO2S/c1-2-15-11(14)9-5-7-3-4-8(6-12)13-10(7)16-9/h3-5H,2,6H2,1H3. The van der Waals surface area contributed by atoms with Gasteiger partial charge < -0.3 is 4.74 Å². The van der Waals surface area contributed by atoms with E-state index in [0.717, 1.165) is 21.2 Å². The van der Waals surface area contributed by atoms with Gasteiger partial charge in [0.15, 0.2) is 0 Å². The van der Waals surface area contributed by atoms with Crippen LogP contribution in [0.4, 0.5) is 0 Å². The van der Waals surface area contributed by atoms with E-state index in [1.54, 1.807) is 6.92 Å². The Labute approximate surface area is 106 Å². The van der Waals surface area contributed by atoms with Crippen molar-refractivity contribution in [1.29, 1.82) is 0 Å². The number of halogens is 1. The minimum Gasteiger partial charge on any atom is -0.462 e. The van der Waals surface area contributed by atoms with Gasteiger partial charge in [-0.25, -0.2) is 9.78 Å². The molecule has 0 saturated carbocycles. The van der Waals surface area contributed by atoms with Gasteiger partial charge in [0.2, 0.25) is 0 Å². The summed E-state index contributed by atoms with van der Waals surface area (Å²) in [6, 6.07) is 5.74. The number of carbonyl (C=O) groups excluding carboxylic acids is 1. The average molecular weight is 300 g/mol. The van der Waals surface area contributed by atoms with Gasteiger partial charge in [-0.3, -0.25) is 0 Å². The fraction of sp³-hybridized carbons (Fsp3) is 0.273. The molecule has 0 aliphatic carbocycles. The minimum atomic E-state index is -0.272. The summed E-state index contributed by atoms with van der Waals surface area (Å²) in [7, 11) is 0. The van der Waals surface area contributed by atoms with Crippen LogP contribution in [0, 0.1) is 0 Å². The summed E-state index contributed by atoms with van der Waals surface area (Å²) < 4.78 is 4.95. The average Bonchev–Trinajstić information content (AvgIpc) is 2.71. The van der Waals surface area contributed by atoms with Crippen molar-refractivity contribution in [3.05, 3.63) is 28.8 Å². The van der Waals surface area contributed by atoms with E-state index in [1.807, 2.05) is 18.2 Å². The van der Waals surface area contributed by atoms with Gasteiger partial charge in [0.1, 0.15) is 9.71 Å². The molecular weight excluding hydrogens is 290 g/mol. The van der Waals surface area contributed by atoms with E-state index in [9.17, 15) is 4.79 Å². The van der Waals surface area contributed by atoms with Crippen LogP contribution in [0.1, 0.15) is 22.3 Å². The molecule has 0 bridgehead atoms. The third kappa shape index (κ3) is 2.25. The molecule has 0 aromatic carbocycles. The highest BCUT2D eigenvalue weighted by Crippen LogP contribution is 2.25. The SMILES string of the molecule is CCOC(=O)c1cc2ccc(CBr)nc2s1. The van der Waals surface area contributed by atoms with Crippen LogP contribution in [-0.4, -0.2) is 17.6 Å². The van der Waals surface area contributed by atoms with Gasteiger partial charge in [-0.15, -0.1) is 11.3 Å². The van der Waals surface area contributed by atoms with Crippen LogP contribution in [0.2, 0.25) is 0 Å². The number of pyridine rings is 1. The Hall–Kier alpha value is -0.940. The first-order valence-electron chi connectivity index (χ1n) is 4.87. The van der Waals surface area contributed by atoms with E-state index in [4.69, 9.17) is 4.74 Å². The van der Waals surface area contributed by atoms with E-state index in [-0.39, 0.29) is 5.97 Å². The molecule has 2 aromatic rings. The first-order chi connectivity index (χ1) is 7.74. The monoisotopic (exact) mass is 299 g/mol. The molecule has 84 valence electrons. The highest BCUT2D eigenvalue weighted by Gasteiger charge is 2.11. The summed E-state index contributed by atoms with van der Waals surface area (Å²) in [4.78, 5) is 17.4. The molecule has 3 nitrogen and oxygen atoms in total. The van der Waals surface area contributed by atoms with Crippen LogP contribution in [0.25, 0.3) is 10.2 Å². The second-order valence-corrected chi connectivity index (χ2v) is 4.75. The molecule has 0 fully saturated rings. The number of nitrogens with zero attached hydrogens (tertiary/aromatic N) is 1. The second-order valence-electron chi connectivity index (χ2n) is 3.16. The molecule has 0 saturated heterocycles. The molecule has 5 heteroatoms. The Bertz CT molecular complexity index is 524. The van der Waals surface area contributed by atoms with Gasteiger partial charge in [-0.2, -0.15) is 0 Å². The molecule has 0 aliphatic rings. The number of esters is 1. The number of fused-ring (bicyclic) bond motifs is 1. The van der Waals surface area contributed by atoms with Crippen molar-refractivity contribution in [1.82, 2.24) is 4.98 Å². The highest BCUT2D eigenvalue weighted by molar-refractivity contribution is 9.08. The van der Waals surface area contributed by atoms with Crippen molar-refractivity contribution < 1.29 is 9.53 Å². The largest absolute Gasteiger partial charge is 0.462 e. The molecule has 0 atom stereocenters. The van der Waals surface area contributed by atoms with Crippen molar-refractivity contribution in [2.75, 3.05) is 6.61 Å². The Morgan fingerprint density at radius 1 is 1.56 bits per heavy atom. The molecule has 0 amide bonds. The van der Waals surface area contributed by atoms with Crippen molar-refractivity contribution in [3.63, 3.8) is 0 Å². The topological polar surface area (TPSA) is 39.2 Å².